The van der Waals surface area contributed by atoms with Gasteiger partial charge in [0.25, 0.3) is 0 Å². The van der Waals surface area contributed by atoms with Gasteiger partial charge in [0, 0.05) is 27.7 Å². The highest BCUT2D eigenvalue weighted by Gasteiger charge is 2.29. The third-order valence-corrected chi connectivity index (χ3v) is 5.98. The minimum absolute atomic E-state index is 0.129. The Kier molecular flexibility index (Phi) is 5.98. The molecule has 0 aromatic heterocycles. The number of hydrogen-bond acceptors (Lipinski definition) is 2. The van der Waals surface area contributed by atoms with Crippen LogP contribution in [0.25, 0.3) is 11.1 Å². The standard InChI is InChI=1S/C23H31Cl2NO/c1-12-17(24)9-15(22(3,4)5)14(11-26)19(12)20-13(2)18(25)10-16(21(20)27)23(6,7)8/h9-10,27H,11,26H2,1-8H3. The molecule has 0 aliphatic rings. The maximum Gasteiger partial charge on any atom is 0.127 e. The van der Waals surface area contributed by atoms with Gasteiger partial charge in [0.2, 0.25) is 0 Å². The topological polar surface area (TPSA) is 46.2 Å². The molecule has 27 heavy (non-hydrogen) atoms. The van der Waals surface area contributed by atoms with Crippen LogP contribution in [0.5, 0.6) is 5.75 Å². The molecule has 0 aliphatic heterocycles. The summed E-state index contributed by atoms with van der Waals surface area (Å²) in [6.45, 7) is 16.9. The lowest BCUT2D eigenvalue weighted by Crippen LogP contribution is -2.18. The fraction of sp³-hybridized carbons (Fsp3) is 0.478. The smallest absolute Gasteiger partial charge is 0.127 e. The van der Waals surface area contributed by atoms with Gasteiger partial charge in [0.15, 0.2) is 0 Å². The van der Waals surface area contributed by atoms with Crippen LogP contribution in [0.3, 0.4) is 0 Å². The summed E-state index contributed by atoms with van der Waals surface area (Å²) in [5.74, 6) is 0.254. The van der Waals surface area contributed by atoms with Crippen LogP contribution in [0.4, 0.5) is 0 Å². The predicted molar refractivity (Wildman–Crippen MR) is 118 cm³/mol. The minimum atomic E-state index is -0.252. The van der Waals surface area contributed by atoms with Crippen LogP contribution in [0.2, 0.25) is 10.0 Å². The van der Waals surface area contributed by atoms with Crippen molar-refractivity contribution in [3.8, 4) is 16.9 Å². The minimum Gasteiger partial charge on any atom is -0.507 e. The molecule has 0 amide bonds. The zero-order valence-corrected chi connectivity index (χ0v) is 19.2. The van der Waals surface area contributed by atoms with Crippen LogP contribution in [0.15, 0.2) is 12.1 Å². The highest BCUT2D eigenvalue weighted by molar-refractivity contribution is 6.33. The van der Waals surface area contributed by atoms with E-state index in [9.17, 15) is 5.11 Å². The number of phenols is 1. The number of rotatable bonds is 2. The van der Waals surface area contributed by atoms with Crippen molar-refractivity contribution in [3.05, 3.63) is 50.0 Å². The molecule has 0 saturated carbocycles. The molecule has 0 radical (unpaired) electrons. The van der Waals surface area contributed by atoms with E-state index in [1.54, 1.807) is 0 Å². The molecule has 2 nitrogen and oxygen atoms in total. The van der Waals surface area contributed by atoms with E-state index in [-0.39, 0.29) is 16.6 Å². The normalized spacial score (nSPS) is 12.6. The first-order chi connectivity index (χ1) is 12.2. The number of halogens is 2. The molecule has 148 valence electrons. The van der Waals surface area contributed by atoms with E-state index in [1.165, 1.54) is 0 Å². The summed E-state index contributed by atoms with van der Waals surface area (Å²) in [5, 5.41) is 12.6. The fourth-order valence-electron chi connectivity index (χ4n) is 3.63. The molecule has 0 atom stereocenters. The second-order valence-corrected chi connectivity index (χ2v) is 10.2. The summed E-state index contributed by atoms with van der Waals surface area (Å²) in [6.07, 6.45) is 0. The number of aromatic hydroxyl groups is 1. The molecular formula is C23H31Cl2NO. The van der Waals surface area contributed by atoms with E-state index in [0.717, 1.165) is 38.9 Å². The lowest BCUT2D eigenvalue weighted by atomic mass is 9.77. The van der Waals surface area contributed by atoms with Crippen molar-refractivity contribution in [1.29, 1.82) is 0 Å². The Bertz CT molecular complexity index is 887. The Labute approximate surface area is 173 Å². The number of phenolic OH excluding ortho intramolecular Hbond substituents is 1. The number of hydrogen-bond donors (Lipinski definition) is 2. The van der Waals surface area contributed by atoms with Crippen LogP contribution in [-0.4, -0.2) is 5.11 Å². The second-order valence-electron chi connectivity index (χ2n) is 9.34. The molecular weight excluding hydrogens is 377 g/mol. The van der Waals surface area contributed by atoms with E-state index in [1.807, 2.05) is 26.0 Å². The van der Waals surface area contributed by atoms with Crippen LogP contribution < -0.4 is 5.73 Å². The van der Waals surface area contributed by atoms with Gasteiger partial charge in [0.05, 0.1) is 0 Å². The van der Waals surface area contributed by atoms with E-state index in [2.05, 4.69) is 41.5 Å². The van der Waals surface area contributed by atoms with E-state index in [4.69, 9.17) is 28.9 Å². The maximum absolute atomic E-state index is 11.3. The number of nitrogens with two attached hydrogens (primary N) is 1. The fourth-order valence-corrected chi connectivity index (χ4v) is 4.04. The lowest BCUT2D eigenvalue weighted by Gasteiger charge is -2.29. The van der Waals surface area contributed by atoms with Crippen molar-refractivity contribution in [1.82, 2.24) is 0 Å². The van der Waals surface area contributed by atoms with Gasteiger partial charge in [-0.3, -0.25) is 0 Å². The van der Waals surface area contributed by atoms with Gasteiger partial charge < -0.3 is 10.8 Å². The molecule has 2 aromatic rings. The van der Waals surface area contributed by atoms with Gasteiger partial charge in [-0.1, -0.05) is 64.7 Å². The van der Waals surface area contributed by atoms with E-state index < -0.39 is 0 Å². The van der Waals surface area contributed by atoms with E-state index >= 15 is 0 Å². The van der Waals surface area contributed by atoms with Crippen LogP contribution in [0.1, 0.15) is 69.4 Å². The molecule has 0 unspecified atom stereocenters. The summed E-state index contributed by atoms with van der Waals surface area (Å²) >= 11 is 13.2. The van der Waals surface area contributed by atoms with E-state index in [0.29, 0.717) is 16.6 Å². The Balaban J connectivity index is 3.07. The Morgan fingerprint density at radius 2 is 1.22 bits per heavy atom. The van der Waals surface area contributed by atoms with Crippen molar-refractivity contribution in [2.75, 3.05) is 0 Å². The molecule has 4 heteroatoms. The quantitative estimate of drug-likeness (QED) is 0.560. The summed E-state index contributed by atoms with van der Waals surface area (Å²) < 4.78 is 0. The summed E-state index contributed by atoms with van der Waals surface area (Å²) in [5.41, 5.74) is 12.1. The Hall–Kier alpha value is -1.22. The summed E-state index contributed by atoms with van der Waals surface area (Å²) in [4.78, 5) is 0. The molecule has 3 N–H and O–H groups in total. The van der Waals surface area contributed by atoms with Crippen molar-refractivity contribution in [2.45, 2.75) is 72.8 Å². The van der Waals surface area contributed by atoms with Gasteiger partial charge in [-0.05, 0) is 64.6 Å². The van der Waals surface area contributed by atoms with Gasteiger partial charge in [-0.25, -0.2) is 0 Å². The molecule has 2 rings (SSSR count). The first-order valence-corrected chi connectivity index (χ1v) is 10.0. The first kappa shape index (κ1) is 22.1. The largest absolute Gasteiger partial charge is 0.507 e. The van der Waals surface area contributed by atoms with Crippen molar-refractivity contribution >= 4 is 23.2 Å². The average molecular weight is 408 g/mol. The third-order valence-electron chi connectivity index (χ3n) is 5.20. The SMILES string of the molecule is Cc1c(Cl)cc(C(C)(C)C)c(O)c1-c1c(C)c(Cl)cc(C(C)(C)C)c1CN. The lowest BCUT2D eigenvalue weighted by molar-refractivity contribution is 0.448. The number of benzene rings is 2. The third kappa shape index (κ3) is 3.99. The molecule has 0 spiro atoms. The van der Waals surface area contributed by atoms with Gasteiger partial charge in [-0.15, -0.1) is 0 Å². The monoisotopic (exact) mass is 407 g/mol. The van der Waals surface area contributed by atoms with Crippen LogP contribution in [-0.2, 0) is 17.4 Å². The zero-order valence-electron chi connectivity index (χ0n) is 17.6. The molecule has 2 aromatic carbocycles. The zero-order chi connectivity index (χ0) is 20.9. The maximum atomic E-state index is 11.3. The molecule has 0 fully saturated rings. The first-order valence-electron chi connectivity index (χ1n) is 9.27. The highest BCUT2D eigenvalue weighted by atomic mass is 35.5. The average Bonchev–Trinajstić information content (AvgIpc) is 2.52. The van der Waals surface area contributed by atoms with Crippen molar-refractivity contribution in [3.63, 3.8) is 0 Å². The predicted octanol–water partition coefficient (Wildman–Crippen LogP) is 7.04. The van der Waals surface area contributed by atoms with Crippen LogP contribution >= 0.6 is 23.2 Å². The highest BCUT2D eigenvalue weighted by Crippen LogP contribution is 2.48. The van der Waals surface area contributed by atoms with Gasteiger partial charge in [-0.2, -0.15) is 0 Å². The Morgan fingerprint density at radius 3 is 1.63 bits per heavy atom. The van der Waals surface area contributed by atoms with Crippen molar-refractivity contribution in [2.24, 2.45) is 5.73 Å². The summed E-state index contributed by atoms with van der Waals surface area (Å²) in [7, 11) is 0. The second kappa shape index (κ2) is 7.31. The Morgan fingerprint density at radius 1 is 0.815 bits per heavy atom. The molecule has 0 saturated heterocycles. The molecule has 0 bridgehead atoms. The van der Waals surface area contributed by atoms with Gasteiger partial charge >= 0.3 is 0 Å². The van der Waals surface area contributed by atoms with Crippen molar-refractivity contribution < 1.29 is 5.11 Å². The van der Waals surface area contributed by atoms with Gasteiger partial charge in [0.1, 0.15) is 5.75 Å². The molecule has 0 heterocycles. The van der Waals surface area contributed by atoms with Crippen LogP contribution in [0, 0.1) is 13.8 Å². The molecule has 0 aliphatic carbocycles. The summed E-state index contributed by atoms with van der Waals surface area (Å²) in [6, 6.07) is 3.87.